The molecule has 3 saturated carbocycles. The summed E-state index contributed by atoms with van der Waals surface area (Å²) in [6.45, 7) is 4.68. The number of aliphatic hydroxyl groups is 1. The molecule has 1 heterocycles. The highest BCUT2D eigenvalue weighted by atomic mass is 16.6. The Kier molecular flexibility index (Phi) is 3.38. The molecule has 124 valence electrons. The number of fused-ring (bicyclic) bond motifs is 5. The molecule has 0 unspecified atom stereocenters. The summed E-state index contributed by atoms with van der Waals surface area (Å²) < 4.78 is 5.83. The molecule has 0 bridgehead atoms. The first-order valence-corrected chi connectivity index (χ1v) is 9.32. The molecule has 4 aliphatic rings. The van der Waals surface area contributed by atoms with Gasteiger partial charge in [-0.1, -0.05) is 6.92 Å². The van der Waals surface area contributed by atoms with E-state index in [1.54, 1.807) is 0 Å². The lowest BCUT2D eigenvalue weighted by Gasteiger charge is -2.61. The highest BCUT2D eigenvalue weighted by Crippen LogP contribution is 2.63. The van der Waals surface area contributed by atoms with E-state index in [1.807, 2.05) is 0 Å². The minimum absolute atomic E-state index is 0.0119. The van der Waals surface area contributed by atoms with Gasteiger partial charge in [-0.25, -0.2) is 0 Å². The van der Waals surface area contributed by atoms with E-state index in [0.717, 1.165) is 37.5 Å². The topological polar surface area (TPSA) is 46.5 Å². The minimum Gasteiger partial charge on any atom is -0.459 e. The molecule has 0 aromatic heterocycles. The Morgan fingerprint density at radius 1 is 1.05 bits per heavy atom. The first-order valence-electron chi connectivity index (χ1n) is 9.32. The second kappa shape index (κ2) is 4.96. The number of rotatable bonds is 0. The van der Waals surface area contributed by atoms with Crippen molar-refractivity contribution in [3.05, 3.63) is 0 Å². The molecule has 0 radical (unpaired) electrons. The Labute approximate surface area is 133 Å². The van der Waals surface area contributed by atoms with E-state index in [1.165, 1.54) is 25.7 Å². The van der Waals surface area contributed by atoms with Crippen LogP contribution in [0.5, 0.6) is 0 Å². The number of hydrogen-bond acceptors (Lipinski definition) is 3. The van der Waals surface area contributed by atoms with Crippen molar-refractivity contribution >= 4 is 5.97 Å². The van der Waals surface area contributed by atoms with Crippen LogP contribution in [0.4, 0.5) is 0 Å². The highest BCUT2D eigenvalue weighted by molar-refractivity contribution is 5.70. The highest BCUT2D eigenvalue weighted by Gasteiger charge is 2.58. The molecule has 3 heteroatoms. The lowest BCUT2D eigenvalue weighted by molar-refractivity contribution is -0.204. The molecular weight excluding hydrogens is 276 g/mol. The summed E-state index contributed by atoms with van der Waals surface area (Å²) in [5.74, 6) is 2.77. The van der Waals surface area contributed by atoms with E-state index >= 15 is 0 Å². The maximum absolute atomic E-state index is 11.8. The molecule has 4 fully saturated rings. The van der Waals surface area contributed by atoms with Crippen LogP contribution in [-0.2, 0) is 9.53 Å². The number of carbonyl (C=O) groups is 1. The summed E-state index contributed by atoms with van der Waals surface area (Å²) in [5, 5.41) is 10.1. The fraction of sp³-hybridized carbons (Fsp3) is 0.947. The molecule has 0 aromatic carbocycles. The van der Waals surface area contributed by atoms with E-state index in [-0.39, 0.29) is 17.7 Å². The lowest BCUT2D eigenvalue weighted by atomic mass is 9.46. The summed E-state index contributed by atoms with van der Waals surface area (Å²) in [4.78, 5) is 11.8. The summed E-state index contributed by atoms with van der Waals surface area (Å²) in [6, 6.07) is 0. The Hall–Kier alpha value is -0.570. The fourth-order valence-electron chi connectivity index (χ4n) is 6.75. The predicted molar refractivity (Wildman–Crippen MR) is 84.1 cm³/mol. The van der Waals surface area contributed by atoms with E-state index in [2.05, 4.69) is 13.8 Å². The van der Waals surface area contributed by atoms with Gasteiger partial charge in [0, 0.05) is 12.3 Å². The summed E-state index contributed by atoms with van der Waals surface area (Å²) in [7, 11) is 0. The van der Waals surface area contributed by atoms with Gasteiger partial charge in [0.1, 0.15) is 5.60 Å². The van der Waals surface area contributed by atoms with Crippen molar-refractivity contribution in [1.29, 1.82) is 0 Å². The van der Waals surface area contributed by atoms with Crippen LogP contribution in [0, 0.1) is 29.1 Å². The number of hydrogen-bond donors (Lipinski definition) is 1. The van der Waals surface area contributed by atoms with Gasteiger partial charge in [0.15, 0.2) is 0 Å². The third-order valence-corrected chi connectivity index (χ3v) is 7.98. The second-order valence-electron chi connectivity index (χ2n) is 8.95. The molecule has 7 atom stereocenters. The van der Waals surface area contributed by atoms with Gasteiger partial charge in [0.25, 0.3) is 0 Å². The van der Waals surface area contributed by atoms with Crippen molar-refractivity contribution in [2.24, 2.45) is 29.1 Å². The smallest absolute Gasteiger partial charge is 0.306 e. The van der Waals surface area contributed by atoms with E-state index < -0.39 is 0 Å². The number of ether oxygens (including phenoxy) is 1. The average Bonchev–Trinajstić information content (AvgIpc) is 2.46. The molecule has 1 N–H and O–H groups in total. The zero-order valence-electron chi connectivity index (χ0n) is 14.0. The third-order valence-electron chi connectivity index (χ3n) is 7.98. The maximum Gasteiger partial charge on any atom is 0.306 e. The first kappa shape index (κ1) is 15.0. The van der Waals surface area contributed by atoms with Crippen LogP contribution in [0.3, 0.4) is 0 Å². The Morgan fingerprint density at radius 2 is 1.86 bits per heavy atom. The zero-order chi connectivity index (χ0) is 15.5. The second-order valence-corrected chi connectivity index (χ2v) is 8.95. The molecule has 1 aliphatic heterocycles. The molecule has 4 rings (SSSR count). The number of esters is 1. The van der Waals surface area contributed by atoms with Gasteiger partial charge in [0.2, 0.25) is 0 Å². The SMILES string of the molecule is C[C@]12CC[C@H](O)C[C@@H]1CC[C@H]1[C@H]3CCC(=O)O[C@]3(C)CC[C@@H]12. The van der Waals surface area contributed by atoms with Crippen LogP contribution >= 0.6 is 0 Å². The van der Waals surface area contributed by atoms with Gasteiger partial charge in [0.05, 0.1) is 6.10 Å². The molecule has 1 saturated heterocycles. The zero-order valence-corrected chi connectivity index (χ0v) is 14.0. The van der Waals surface area contributed by atoms with Crippen LogP contribution in [0.2, 0.25) is 0 Å². The normalized spacial score (nSPS) is 54.7. The van der Waals surface area contributed by atoms with Crippen LogP contribution < -0.4 is 0 Å². The van der Waals surface area contributed by atoms with Gasteiger partial charge in [-0.05, 0) is 81.5 Å². The van der Waals surface area contributed by atoms with E-state index in [0.29, 0.717) is 23.7 Å². The summed E-state index contributed by atoms with van der Waals surface area (Å²) >= 11 is 0. The van der Waals surface area contributed by atoms with Crippen molar-refractivity contribution in [3.63, 3.8) is 0 Å². The predicted octanol–water partition coefficient (Wildman–Crippen LogP) is 3.69. The standard InChI is InChI=1S/C19H30O3/c1-18-9-7-13(20)11-12(18)3-4-14-15(18)8-10-19(2)16(14)5-6-17(21)22-19/h12-16,20H,3-11H2,1-2H3/t12-,13-,14+,15-,16+,18-,19+/m0/s1. The number of carbonyl (C=O) groups excluding carboxylic acids is 1. The van der Waals surface area contributed by atoms with Crippen molar-refractivity contribution in [2.45, 2.75) is 83.3 Å². The third kappa shape index (κ3) is 2.07. The monoisotopic (exact) mass is 306 g/mol. The molecule has 0 spiro atoms. The van der Waals surface area contributed by atoms with Crippen LogP contribution in [0.1, 0.15) is 71.6 Å². The molecule has 22 heavy (non-hydrogen) atoms. The largest absolute Gasteiger partial charge is 0.459 e. The average molecular weight is 306 g/mol. The molecule has 0 aromatic rings. The van der Waals surface area contributed by atoms with Crippen molar-refractivity contribution < 1.29 is 14.6 Å². The minimum atomic E-state index is -0.201. The van der Waals surface area contributed by atoms with Gasteiger partial charge in [-0.15, -0.1) is 0 Å². The van der Waals surface area contributed by atoms with Crippen molar-refractivity contribution in [1.82, 2.24) is 0 Å². The summed E-state index contributed by atoms with van der Waals surface area (Å²) in [6.07, 6.45) is 9.52. The van der Waals surface area contributed by atoms with Crippen LogP contribution in [0.25, 0.3) is 0 Å². The molecular formula is C19H30O3. The van der Waals surface area contributed by atoms with Crippen LogP contribution in [0.15, 0.2) is 0 Å². The summed E-state index contributed by atoms with van der Waals surface area (Å²) in [5.41, 5.74) is 0.207. The van der Waals surface area contributed by atoms with Gasteiger partial charge in [-0.3, -0.25) is 4.79 Å². The molecule has 0 amide bonds. The molecule has 3 aliphatic carbocycles. The van der Waals surface area contributed by atoms with Gasteiger partial charge in [-0.2, -0.15) is 0 Å². The lowest BCUT2D eigenvalue weighted by Crippen LogP contribution is -2.58. The van der Waals surface area contributed by atoms with Crippen molar-refractivity contribution in [3.8, 4) is 0 Å². The first-order chi connectivity index (χ1) is 10.4. The van der Waals surface area contributed by atoms with Gasteiger partial charge < -0.3 is 9.84 Å². The Balaban J connectivity index is 1.61. The quantitative estimate of drug-likeness (QED) is 0.694. The van der Waals surface area contributed by atoms with Gasteiger partial charge >= 0.3 is 5.97 Å². The molecule has 3 nitrogen and oxygen atoms in total. The Bertz CT molecular complexity index is 475. The Morgan fingerprint density at radius 3 is 2.68 bits per heavy atom. The van der Waals surface area contributed by atoms with Crippen LogP contribution in [-0.4, -0.2) is 22.8 Å². The fourth-order valence-corrected chi connectivity index (χ4v) is 6.75. The number of aliphatic hydroxyl groups excluding tert-OH is 1. The van der Waals surface area contributed by atoms with E-state index in [9.17, 15) is 9.90 Å². The van der Waals surface area contributed by atoms with E-state index in [4.69, 9.17) is 4.74 Å². The van der Waals surface area contributed by atoms with Crippen molar-refractivity contribution in [2.75, 3.05) is 0 Å². The maximum atomic E-state index is 11.8.